The lowest BCUT2D eigenvalue weighted by atomic mass is 10.1. The second-order valence-electron chi connectivity index (χ2n) is 3.88. The highest BCUT2D eigenvalue weighted by Crippen LogP contribution is 2.22. The molecule has 1 unspecified atom stereocenters. The molecule has 0 amide bonds. The first-order valence-electron chi connectivity index (χ1n) is 5.87. The van der Waals surface area contributed by atoms with Crippen molar-refractivity contribution in [3.8, 4) is 0 Å². The summed E-state index contributed by atoms with van der Waals surface area (Å²) in [6, 6.07) is -0.187. The Morgan fingerprint density at radius 3 is 2.38 bits per heavy atom. The van der Waals surface area contributed by atoms with E-state index >= 15 is 0 Å². The summed E-state index contributed by atoms with van der Waals surface area (Å²) >= 11 is 0. The molecule has 0 aromatic carbocycles. The molecule has 0 aliphatic rings. The molecule has 0 heterocycles. The van der Waals surface area contributed by atoms with Gasteiger partial charge in [-0.2, -0.15) is 13.2 Å². The highest BCUT2D eigenvalue weighted by molar-refractivity contribution is 4.68. The molecule has 0 rings (SSSR count). The van der Waals surface area contributed by atoms with Crippen molar-refractivity contribution in [2.45, 2.75) is 51.7 Å². The number of rotatable bonds is 9. The Kier molecular flexibility index (Phi) is 8.66. The third-order valence-electron chi connectivity index (χ3n) is 2.13. The molecule has 0 saturated heterocycles. The average molecular weight is 241 g/mol. The van der Waals surface area contributed by atoms with Gasteiger partial charge in [-0.15, -0.1) is 0 Å². The van der Waals surface area contributed by atoms with Gasteiger partial charge < -0.3 is 10.1 Å². The second kappa shape index (κ2) is 8.82. The zero-order chi connectivity index (χ0) is 12.4. The topological polar surface area (TPSA) is 21.3 Å². The molecule has 0 spiro atoms. The van der Waals surface area contributed by atoms with E-state index in [1.54, 1.807) is 0 Å². The lowest BCUT2D eigenvalue weighted by Gasteiger charge is -2.19. The maximum Gasteiger partial charge on any atom is 0.389 e. The third-order valence-corrected chi connectivity index (χ3v) is 2.13. The van der Waals surface area contributed by atoms with Crippen molar-refractivity contribution in [1.29, 1.82) is 0 Å². The average Bonchev–Trinajstić information content (AvgIpc) is 2.20. The summed E-state index contributed by atoms with van der Waals surface area (Å²) in [5, 5.41) is 3.08. The molecule has 98 valence electrons. The van der Waals surface area contributed by atoms with Gasteiger partial charge in [-0.05, 0) is 25.8 Å². The summed E-state index contributed by atoms with van der Waals surface area (Å²) in [4.78, 5) is 0. The summed E-state index contributed by atoms with van der Waals surface area (Å²) in [5.41, 5.74) is 0. The lowest BCUT2D eigenvalue weighted by molar-refractivity contribution is -0.137. The van der Waals surface area contributed by atoms with E-state index in [9.17, 15) is 13.2 Å². The molecule has 1 N–H and O–H groups in total. The fourth-order valence-corrected chi connectivity index (χ4v) is 1.30. The minimum absolute atomic E-state index is 0.0905. The van der Waals surface area contributed by atoms with Crippen molar-refractivity contribution in [3.63, 3.8) is 0 Å². The van der Waals surface area contributed by atoms with Crippen LogP contribution in [0, 0.1) is 0 Å². The standard InChI is InChI=1S/C11H22F3NO/c1-3-7-15-10(9-16-8-4-2)5-6-11(12,13)14/h10,15H,3-9H2,1-2H3. The van der Waals surface area contributed by atoms with Gasteiger partial charge in [0.15, 0.2) is 0 Å². The van der Waals surface area contributed by atoms with Crippen LogP contribution in [0.2, 0.25) is 0 Å². The van der Waals surface area contributed by atoms with Crippen LogP contribution in [0.25, 0.3) is 0 Å². The van der Waals surface area contributed by atoms with E-state index in [1.807, 2.05) is 13.8 Å². The Labute approximate surface area is 95.5 Å². The lowest BCUT2D eigenvalue weighted by Crippen LogP contribution is -2.35. The Morgan fingerprint density at radius 2 is 1.88 bits per heavy atom. The van der Waals surface area contributed by atoms with Crippen LogP contribution in [-0.4, -0.2) is 32.0 Å². The molecular weight excluding hydrogens is 219 g/mol. The molecule has 0 aliphatic heterocycles. The van der Waals surface area contributed by atoms with Crippen LogP contribution >= 0.6 is 0 Å². The number of ether oxygens (including phenoxy) is 1. The first kappa shape index (κ1) is 15.7. The van der Waals surface area contributed by atoms with Crippen LogP contribution in [0.5, 0.6) is 0 Å². The predicted octanol–water partition coefficient (Wildman–Crippen LogP) is 3.12. The first-order valence-corrected chi connectivity index (χ1v) is 5.87. The van der Waals surface area contributed by atoms with Crippen LogP contribution in [0.1, 0.15) is 39.5 Å². The quantitative estimate of drug-likeness (QED) is 0.626. The van der Waals surface area contributed by atoms with Gasteiger partial charge in [-0.1, -0.05) is 13.8 Å². The SMILES string of the molecule is CCCNC(CCC(F)(F)F)COCCC. The summed E-state index contributed by atoms with van der Waals surface area (Å²) < 4.78 is 41.5. The summed E-state index contributed by atoms with van der Waals surface area (Å²) in [6.07, 6.45) is -2.93. The molecule has 2 nitrogen and oxygen atoms in total. The zero-order valence-corrected chi connectivity index (χ0v) is 10.1. The molecule has 0 aromatic heterocycles. The van der Waals surface area contributed by atoms with Crippen molar-refractivity contribution < 1.29 is 17.9 Å². The van der Waals surface area contributed by atoms with E-state index < -0.39 is 12.6 Å². The third kappa shape index (κ3) is 10.2. The number of hydrogen-bond donors (Lipinski definition) is 1. The van der Waals surface area contributed by atoms with Crippen molar-refractivity contribution in [1.82, 2.24) is 5.32 Å². The number of halogens is 3. The zero-order valence-electron chi connectivity index (χ0n) is 10.1. The van der Waals surface area contributed by atoms with Crippen LogP contribution in [0.15, 0.2) is 0 Å². The number of hydrogen-bond acceptors (Lipinski definition) is 2. The van der Waals surface area contributed by atoms with E-state index in [0.29, 0.717) is 13.2 Å². The van der Waals surface area contributed by atoms with Crippen molar-refractivity contribution in [3.05, 3.63) is 0 Å². The van der Waals surface area contributed by atoms with E-state index in [0.717, 1.165) is 19.4 Å². The predicted molar refractivity (Wildman–Crippen MR) is 58.5 cm³/mol. The second-order valence-corrected chi connectivity index (χ2v) is 3.88. The Bertz CT molecular complexity index is 162. The molecule has 0 bridgehead atoms. The molecule has 1 atom stereocenters. The van der Waals surface area contributed by atoms with Crippen molar-refractivity contribution in [2.24, 2.45) is 0 Å². The van der Waals surface area contributed by atoms with E-state index in [1.165, 1.54) is 0 Å². The van der Waals surface area contributed by atoms with Gasteiger partial charge in [0, 0.05) is 19.1 Å². The largest absolute Gasteiger partial charge is 0.389 e. The van der Waals surface area contributed by atoms with Gasteiger partial charge in [0.1, 0.15) is 0 Å². The monoisotopic (exact) mass is 241 g/mol. The summed E-state index contributed by atoms with van der Waals surface area (Å²) in [7, 11) is 0. The van der Waals surface area contributed by atoms with Gasteiger partial charge in [-0.25, -0.2) is 0 Å². The first-order chi connectivity index (χ1) is 7.49. The molecule has 0 fully saturated rings. The van der Waals surface area contributed by atoms with Gasteiger partial charge in [0.2, 0.25) is 0 Å². The molecule has 0 saturated carbocycles. The Balaban J connectivity index is 3.80. The highest BCUT2D eigenvalue weighted by atomic mass is 19.4. The molecular formula is C11H22F3NO. The van der Waals surface area contributed by atoms with Crippen LogP contribution < -0.4 is 5.32 Å². The van der Waals surface area contributed by atoms with Crippen molar-refractivity contribution in [2.75, 3.05) is 19.8 Å². The van der Waals surface area contributed by atoms with Crippen molar-refractivity contribution >= 4 is 0 Å². The molecule has 5 heteroatoms. The maximum absolute atomic E-state index is 12.1. The molecule has 0 aliphatic carbocycles. The smallest absolute Gasteiger partial charge is 0.380 e. The van der Waals surface area contributed by atoms with E-state index in [-0.39, 0.29) is 12.5 Å². The van der Waals surface area contributed by atoms with Gasteiger partial charge in [0.25, 0.3) is 0 Å². The number of nitrogens with one attached hydrogen (secondary N) is 1. The van der Waals surface area contributed by atoms with Gasteiger partial charge in [0.05, 0.1) is 6.61 Å². The molecule has 0 radical (unpaired) electrons. The minimum Gasteiger partial charge on any atom is -0.380 e. The summed E-state index contributed by atoms with van der Waals surface area (Å²) in [5.74, 6) is 0. The van der Waals surface area contributed by atoms with Crippen LogP contribution in [-0.2, 0) is 4.74 Å². The summed E-state index contributed by atoms with van der Waals surface area (Å²) in [6.45, 7) is 5.67. The minimum atomic E-state index is -4.07. The fourth-order valence-electron chi connectivity index (χ4n) is 1.30. The fraction of sp³-hybridized carbons (Fsp3) is 1.00. The normalized spacial score (nSPS) is 14.1. The van der Waals surface area contributed by atoms with E-state index in [4.69, 9.17) is 4.74 Å². The van der Waals surface area contributed by atoms with Gasteiger partial charge >= 0.3 is 6.18 Å². The van der Waals surface area contributed by atoms with Gasteiger partial charge in [-0.3, -0.25) is 0 Å². The molecule has 0 aromatic rings. The Hall–Kier alpha value is -0.290. The van der Waals surface area contributed by atoms with Crippen LogP contribution in [0.3, 0.4) is 0 Å². The highest BCUT2D eigenvalue weighted by Gasteiger charge is 2.28. The maximum atomic E-state index is 12.1. The number of alkyl halides is 3. The Morgan fingerprint density at radius 1 is 1.19 bits per heavy atom. The van der Waals surface area contributed by atoms with Crippen LogP contribution in [0.4, 0.5) is 13.2 Å². The van der Waals surface area contributed by atoms with E-state index in [2.05, 4.69) is 5.32 Å². The molecule has 16 heavy (non-hydrogen) atoms.